The van der Waals surface area contributed by atoms with Gasteiger partial charge in [-0.1, -0.05) is 6.92 Å². The number of carbonyl (C=O) groups excluding carboxylic acids is 1. The third-order valence-electron chi connectivity index (χ3n) is 3.16. The molecule has 1 aromatic rings. The zero-order valence-electron chi connectivity index (χ0n) is 10.1. The topological polar surface area (TPSA) is 20.3 Å². The summed E-state index contributed by atoms with van der Waals surface area (Å²) in [5.74, 6) is 0. The fraction of sp³-hybridized carbons (Fsp3) is 0.500. The highest BCUT2D eigenvalue weighted by atomic mass is 16.1. The van der Waals surface area contributed by atoms with E-state index < -0.39 is 0 Å². The minimum Gasteiger partial charge on any atom is -0.369 e. The predicted molar refractivity (Wildman–Crippen MR) is 67.2 cm³/mol. The molecule has 0 spiro atoms. The monoisotopic (exact) mass is 217 g/mol. The van der Waals surface area contributed by atoms with Crippen molar-refractivity contribution in [2.45, 2.75) is 39.2 Å². The lowest BCUT2D eigenvalue weighted by molar-refractivity contribution is 0.112. The molecular formula is C14H19NO. The van der Waals surface area contributed by atoms with Crippen LogP contribution in [0.4, 0.5) is 5.69 Å². The molecule has 0 aliphatic heterocycles. The molecule has 0 heterocycles. The lowest BCUT2D eigenvalue weighted by Crippen LogP contribution is -2.26. The number of rotatable bonds is 5. The fourth-order valence-electron chi connectivity index (χ4n) is 2.12. The molecule has 2 heteroatoms. The zero-order chi connectivity index (χ0) is 11.5. The van der Waals surface area contributed by atoms with Crippen LogP contribution in [0.1, 0.15) is 42.1 Å². The smallest absolute Gasteiger partial charge is 0.150 e. The van der Waals surface area contributed by atoms with Crippen LogP contribution in [0.3, 0.4) is 0 Å². The van der Waals surface area contributed by atoms with E-state index in [0.29, 0.717) is 0 Å². The van der Waals surface area contributed by atoms with Gasteiger partial charge in [0.2, 0.25) is 0 Å². The highest BCUT2D eigenvalue weighted by Gasteiger charge is 2.28. The molecule has 0 aromatic heterocycles. The molecule has 0 bridgehead atoms. The van der Waals surface area contributed by atoms with Crippen LogP contribution in [0.15, 0.2) is 18.2 Å². The van der Waals surface area contributed by atoms with Gasteiger partial charge in [-0.3, -0.25) is 4.79 Å². The molecule has 2 rings (SSSR count). The lowest BCUT2D eigenvalue weighted by atomic mass is 10.1. The van der Waals surface area contributed by atoms with Crippen molar-refractivity contribution >= 4 is 12.0 Å². The molecule has 0 atom stereocenters. The molecule has 1 aliphatic carbocycles. The van der Waals surface area contributed by atoms with E-state index in [2.05, 4.69) is 24.0 Å². The number of anilines is 1. The quantitative estimate of drug-likeness (QED) is 0.706. The summed E-state index contributed by atoms with van der Waals surface area (Å²) in [6, 6.07) is 6.88. The number of aldehydes is 1. The number of benzene rings is 1. The van der Waals surface area contributed by atoms with Gasteiger partial charge in [-0.25, -0.2) is 0 Å². The van der Waals surface area contributed by atoms with Gasteiger partial charge < -0.3 is 4.90 Å². The van der Waals surface area contributed by atoms with Gasteiger partial charge in [-0.05, 0) is 49.9 Å². The highest BCUT2D eigenvalue weighted by Crippen LogP contribution is 2.32. The van der Waals surface area contributed by atoms with E-state index in [-0.39, 0.29) is 0 Å². The minimum atomic E-state index is 0.737. The summed E-state index contributed by atoms with van der Waals surface area (Å²) >= 11 is 0. The Hall–Kier alpha value is -1.31. The van der Waals surface area contributed by atoms with Crippen molar-refractivity contribution in [2.75, 3.05) is 11.4 Å². The summed E-state index contributed by atoms with van der Waals surface area (Å²) in [4.78, 5) is 13.2. The van der Waals surface area contributed by atoms with Crippen LogP contribution in [-0.4, -0.2) is 18.9 Å². The summed E-state index contributed by atoms with van der Waals surface area (Å²) < 4.78 is 0. The van der Waals surface area contributed by atoms with Crippen LogP contribution < -0.4 is 4.90 Å². The SMILES string of the molecule is CCCN(c1ccc(C=O)c(C)c1)C1CC1. The summed E-state index contributed by atoms with van der Waals surface area (Å²) in [7, 11) is 0. The molecule has 86 valence electrons. The largest absolute Gasteiger partial charge is 0.369 e. The second-order valence-corrected chi connectivity index (χ2v) is 4.58. The number of carbonyl (C=O) groups is 1. The Labute approximate surface area is 97.3 Å². The minimum absolute atomic E-state index is 0.737. The van der Waals surface area contributed by atoms with Crippen molar-refractivity contribution in [3.63, 3.8) is 0 Å². The van der Waals surface area contributed by atoms with Gasteiger partial charge in [0.15, 0.2) is 0 Å². The van der Waals surface area contributed by atoms with Crippen LogP contribution in [0.2, 0.25) is 0 Å². The van der Waals surface area contributed by atoms with Gasteiger partial charge in [0.25, 0.3) is 0 Å². The number of hydrogen-bond acceptors (Lipinski definition) is 2. The second-order valence-electron chi connectivity index (χ2n) is 4.58. The molecule has 16 heavy (non-hydrogen) atoms. The number of aryl methyl sites for hydroxylation is 1. The molecule has 1 aliphatic rings. The first-order valence-corrected chi connectivity index (χ1v) is 6.08. The molecule has 0 N–H and O–H groups in total. The van der Waals surface area contributed by atoms with Crippen molar-refractivity contribution in [2.24, 2.45) is 0 Å². The Kier molecular flexibility index (Phi) is 3.28. The summed E-state index contributed by atoms with van der Waals surface area (Å²) in [5, 5.41) is 0. The van der Waals surface area contributed by atoms with Crippen LogP contribution >= 0.6 is 0 Å². The highest BCUT2D eigenvalue weighted by molar-refractivity contribution is 5.78. The van der Waals surface area contributed by atoms with Gasteiger partial charge >= 0.3 is 0 Å². The standard InChI is InChI=1S/C14H19NO/c1-3-8-15(13-6-7-13)14-5-4-12(10-16)11(2)9-14/h4-5,9-10,13H,3,6-8H2,1-2H3. The predicted octanol–water partition coefficient (Wildman–Crippen LogP) is 3.19. The van der Waals surface area contributed by atoms with Crippen molar-refractivity contribution in [3.8, 4) is 0 Å². The molecule has 1 fully saturated rings. The van der Waals surface area contributed by atoms with Crippen LogP contribution in [-0.2, 0) is 0 Å². The summed E-state index contributed by atoms with van der Waals surface area (Å²) in [6.45, 7) is 5.33. The van der Waals surface area contributed by atoms with Gasteiger partial charge in [0, 0.05) is 23.8 Å². The fourth-order valence-corrected chi connectivity index (χ4v) is 2.12. The molecule has 2 nitrogen and oxygen atoms in total. The Bertz CT molecular complexity index is 382. The Morgan fingerprint density at radius 3 is 2.69 bits per heavy atom. The Balaban J connectivity index is 2.23. The van der Waals surface area contributed by atoms with E-state index in [1.54, 1.807) is 0 Å². The van der Waals surface area contributed by atoms with Crippen LogP contribution in [0.5, 0.6) is 0 Å². The molecule has 0 unspecified atom stereocenters. The average Bonchev–Trinajstić information content (AvgIpc) is 3.09. The van der Waals surface area contributed by atoms with Crippen molar-refractivity contribution < 1.29 is 4.79 Å². The maximum absolute atomic E-state index is 10.8. The average molecular weight is 217 g/mol. The lowest BCUT2D eigenvalue weighted by Gasteiger charge is -2.24. The first-order chi connectivity index (χ1) is 7.76. The molecule has 1 saturated carbocycles. The van der Waals surface area contributed by atoms with E-state index in [1.165, 1.54) is 24.9 Å². The molecule has 0 saturated heterocycles. The van der Waals surface area contributed by atoms with E-state index in [1.807, 2.05) is 13.0 Å². The molecular weight excluding hydrogens is 198 g/mol. The van der Waals surface area contributed by atoms with E-state index in [0.717, 1.165) is 30.0 Å². The normalized spacial score (nSPS) is 14.9. The zero-order valence-corrected chi connectivity index (χ0v) is 10.1. The third-order valence-corrected chi connectivity index (χ3v) is 3.16. The molecule has 0 radical (unpaired) electrons. The van der Waals surface area contributed by atoms with Crippen molar-refractivity contribution in [3.05, 3.63) is 29.3 Å². The van der Waals surface area contributed by atoms with E-state index >= 15 is 0 Å². The van der Waals surface area contributed by atoms with Gasteiger partial charge in [-0.2, -0.15) is 0 Å². The second kappa shape index (κ2) is 4.69. The van der Waals surface area contributed by atoms with E-state index in [9.17, 15) is 4.79 Å². The molecule has 0 amide bonds. The van der Waals surface area contributed by atoms with Crippen LogP contribution in [0, 0.1) is 6.92 Å². The van der Waals surface area contributed by atoms with Crippen molar-refractivity contribution in [1.82, 2.24) is 0 Å². The Morgan fingerprint density at radius 1 is 1.44 bits per heavy atom. The summed E-state index contributed by atoms with van der Waals surface area (Å²) in [5.41, 5.74) is 3.15. The van der Waals surface area contributed by atoms with Gasteiger partial charge in [0.05, 0.1) is 0 Å². The maximum atomic E-state index is 10.8. The van der Waals surface area contributed by atoms with E-state index in [4.69, 9.17) is 0 Å². The third kappa shape index (κ3) is 2.26. The van der Waals surface area contributed by atoms with Crippen LogP contribution in [0.25, 0.3) is 0 Å². The first kappa shape index (κ1) is 11.2. The summed E-state index contributed by atoms with van der Waals surface area (Å²) in [6.07, 6.45) is 4.73. The maximum Gasteiger partial charge on any atom is 0.150 e. The Morgan fingerprint density at radius 2 is 2.19 bits per heavy atom. The van der Waals surface area contributed by atoms with Gasteiger partial charge in [0.1, 0.15) is 6.29 Å². The number of hydrogen-bond donors (Lipinski definition) is 0. The van der Waals surface area contributed by atoms with Gasteiger partial charge in [-0.15, -0.1) is 0 Å². The van der Waals surface area contributed by atoms with Crippen molar-refractivity contribution in [1.29, 1.82) is 0 Å². The molecule has 1 aromatic carbocycles. The first-order valence-electron chi connectivity index (χ1n) is 6.08. The number of nitrogens with zero attached hydrogens (tertiary/aromatic N) is 1.